The highest BCUT2D eigenvalue weighted by molar-refractivity contribution is 6.30. The van der Waals surface area contributed by atoms with E-state index < -0.39 is 0 Å². The predicted octanol–water partition coefficient (Wildman–Crippen LogP) is 4.69. The van der Waals surface area contributed by atoms with E-state index in [0.29, 0.717) is 18.5 Å². The van der Waals surface area contributed by atoms with Crippen LogP contribution in [-0.2, 0) is 11.3 Å². The Morgan fingerprint density at radius 1 is 1.16 bits per heavy atom. The van der Waals surface area contributed by atoms with Crippen LogP contribution >= 0.6 is 11.6 Å². The van der Waals surface area contributed by atoms with Crippen molar-refractivity contribution >= 4 is 34.9 Å². The Kier molecular flexibility index (Phi) is 7.88. The number of nitrogens with zero attached hydrogens (tertiary/aromatic N) is 6. The van der Waals surface area contributed by atoms with E-state index >= 15 is 0 Å². The Labute approximate surface area is 229 Å². The highest BCUT2D eigenvalue weighted by Gasteiger charge is 2.36. The number of anilines is 1. The van der Waals surface area contributed by atoms with Crippen LogP contribution in [-0.4, -0.2) is 68.2 Å². The van der Waals surface area contributed by atoms with Gasteiger partial charge >= 0.3 is 0 Å². The average molecular weight is 539 g/mol. The molecule has 5 rings (SSSR count). The number of imidazole rings is 1. The van der Waals surface area contributed by atoms with Crippen molar-refractivity contribution in [2.45, 2.75) is 77.7 Å². The standard InChI is InChI=1S/C28H39ClN8O/c1-18(2)12-24(21-7-9-22(29)10-8-21)35-13-20(4)36(14-19(35)3)26-25-27(37(16-30)28(31)33-26)34(17-32-25)15-23-6-5-11-38-23/h7-10,16-20,23-24,30-31H,5-6,11-15H2,1-4H3/t19-,20+,23+,24?/m1/s1. The number of rotatable bonds is 8. The number of hydrogen-bond donors (Lipinski definition) is 2. The molecule has 2 aromatic heterocycles. The molecule has 204 valence electrons. The Morgan fingerprint density at radius 3 is 2.58 bits per heavy atom. The van der Waals surface area contributed by atoms with Gasteiger partial charge in [-0.3, -0.25) is 20.3 Å². The monoisotopic (exact) mass is 538 g/mol. The molecule has 2 fully saturated rings. The molecule has 0 bridgehead atoms. The highest BCUT2D eigenvalue weighted by atomic mass is 35.5. The summed E-state index contributed by atoms with van der Waals surface area (Å²) in [6, 6.07) is 9.02. The second-order valence-electron chi connectivity index (χ2n) is 11.2. The average Bonchev–Trinajstić information content (AvgIpc) is 3.55. The van der Waals surface area contributed by atoms with Gasteiger partial charge in [0.15, 0.2) is 11.5 Å². The van der Waals surface area contributed by atoms with Crippen molar-refractivity contribution < 1.29 is 4.74 Å². The zero-order chi connectivity index (χ0) is 27.0. The van der Waals surface area contributed by atoms with Gasteiger partial charge in [-0.2, -0.15) is 4.98 Å². The SMILES string of the molecule is CC(C)CC(c1ccc(Cl)cc1)N1C[C@H](C)N(c2nc(=N)n(C=N)c3c2ncn3C[C@@H]2CCCO2)C[C@H]1C. The van der Waals surface area contributed by atoms with Crippen molar-refractivity contribution in [2.24, 2.45) is 5.92 Å². The van der Waals surface area contributed by atoms with E-state index in [4.69, 9.17) is 32.1 Å². The number of nitrogens with one attached hydrogen (secondary N) is 2. The normalized spacial score (nSPS) is 23.4. The first-order valence-corrected chi connectivity index (χ1v) is 14.1. The number of fused-ring (bicyclic) bond motifs is 1. The largest absolute Gasteiger partial charge is 0.376 e. The topological polar surface area (TPSA) is 99.0 Å². The van der Waals surface area contributed by atoms with Gasteiger partial charge in [-0.05, 0) is 56.7 Å². The van der Waals surface area contributed by atoms with Crippen molar-refractivity contribution in [3.8, 4) is 0 Å². The van der Waals surface area contributed by atoms with Gasteiger partial charge in [-0.15, -0.1) is 0 Å². The summed E-state index contributed by atoms with van der Waals surface area (Å²) in [6.45, 7) is 12.1. The number of benzene rings is 1. The molecule has 9 nitrogen and oxygen atoms in total. The Hall–Kier alpha value is -2.75. The molecular weight excluding hydrogens is 500 g/mol. The van der Waals surface area contributed by atoms with Gasteiger partial charge in [0.25, 0.3) is 0 Å². The molecule has 38 heavy (non-hydrogen) atoms. The summed E-state index contributed by atoms with van der Waals surface area (Å²) in [5.74, 6) is 1.28. The van der Waals surface area contributed by atoms with Crippen LogP contribution < -0.4 is 10.5 Å². The maximum Gasteiger partial charge on any atom is 0.231 e. The van der Waals surface area contributed by atoms with E-state index in [-0.39, 0.29) is 23.8 Å². The van der Waals surface area contributed by atoms with Crippen molar-refractivity contribution in [1.82, 2.24) is 24.0 Å². The third kappa shape index (κ3) is 5.24. The van der Waals surface area contributed by atoms with Crippen LogP contribution in [0.2, 0.25) is 5.02 Å². The van der Waals surface area contributed by atoms with Crippen LogP contribution in [0.4, 0.5) is 5.82 Å². The molecular formula is C28H39ClN8O. The first-order valence-electron chi connectivity index (χ1n) is 13.7. The molecule has 1 aromatic carbocycles. The zero-order valence-corrected chi connectivity index (χ0v) is 23.5. The molecule has 0 amide bonds. The number of piperazine rings is 1. The van der Waals surface area contributed by atoms with Gasteiger partial charge in [-0.25, -0.2) is 4.98 Å². The second kappa shape index (κ2) is 11.2. The van der Waals surface area contributed by atoms with E-state index in [1.54, 1.807) is 6.33 Å². The number of aromatic nitrogens is 4. The third-order valence-corrected chi connectivity index (χ3v) is 8.15. The molecule has 0 aliphatic carbocycles. The fourth-order valence-corrected chi connectivity index (χ4v) is 6.16. The summed E-state index contributed by atoms with van der Waals surface area (Å²) in [6.07, 6.45) is 6.23. The minimum absolute atomic E-state index is 0.0396. The van der Waals surface area contributed by atoms with Gasteiger partial charge in [-0.1, -0.05) is 37.6 Å². The van der Waals surface area contributed by atoms with Crippen molar-refractivity contribution in [1.29, 1.82) is 10.8 Å². The Balaban J connectivity index is 1.47. The highest BCUT2D eigenvalue weighted by Crippen LogP contribution is 2.35. The minimum Gasteiger partial charge on any atom is -0.376 e. The molecule has 10 heteroatoms. The van der Waals surface area contributed by atoms with E-state index in [0.717, 1.165) is 67.3 Å². The summed E-state index contributed by atoms with van der Waals surface area (Å²) in [4.78, 5) is 14.4. The molecule has 2 saturated heterocycles. The van der Waals surface area contributed by atoms with Crippen LogP contribution in [0, 0.1) is 16.7 Å². The molecule has 2 N–H and O–H groups in total. The maximum atomic E-state index is 8.64. The molecule has 2 aliphatic rings. The lowest BCUT2D eigenvalue weighted by Gasteiger charge is -2.48. The van der Waals surface area contributed by atoms with E-state index in [1.807, 2.05) is 16.7 Å². The molecule has 2 aliphatic heterocycles. The smallest absolute Gasteiger partial charge is 0.231 e. The fraction of sp³-hybridized carbons (Fsp3) is 0.571. The van der Waals surface area contributed by atoms with Gasteiger partial charge < -0.3 is 14.2 Å². The molecule has 0 saturated carbocycles. The summed E-state index contributed by atoms with van der Waals surface area (Å²) in [5, 5.41) is 17.4. The molecule has 3 aromatic rings. The van der Waals surface area contributed by atoms with Gasteiger partial charge in [0.1, 0.15) is 5.52 Å². The molecule has 0 spiro atoms. The number of ether oxygens (including phenoxy) is 1. The van der Waals surface area contributed by atoms with Crippen LogP contribution in [0.3, 0.4) is 0 Å². The van der Waals surface area contributed by atoms with Crippen molar-refractivity contribution in [2.75, 3.05) is 24.6 Å². The summed E-state index contributed by atoms with van der Waals surface area (Å²) < 4.78 is 9.38. The number of hydrogen-bond acceptors (Lipinski definition) is 7. The Bertz CT molecular complexity index is 1330. The van der Waals surface area contributed by atoms with E-state index in [2.05, 4.69) is 54.6 Å². The quantitative estimate of drug-likeness (QED) is 0.320. The van der Waals surface area contributed by atoms with Crippen molar-refractivity contribution in [3.05, 3.63) is 46.8 Å². The fourth-order valence-electron chi connectivity index (χ4n) is 6.03. The molecule has 0 radical (unpaired) electrons. The number of halogens is 1. The summed E-state index contributed by atoms with van der Waals surface area (Å²) in [7, 11) is 0. The van der Waals surface area contributed by atoms with Gasteiger partial charge in [0.05, 0.1) is 25.3 Å². The van der Waals surface area contributed by atoms with E-state index in [9.17, 15) is 0 Å². The lowest BCUT2D eigenvalue weighted by Crippen LogP contribution is -2.58. The summed E-state index contributed by atoms with van der Waals surface area (Å²) in [5.41, 5.74) is 2.79. The van der Waals surface area contributed by atoms with Crippen LogP contribution in [0.5, 0.6) is 0 Å². The minimum atomic E-state index is 0.0396. The molecule has 1 unspecified atom stereocenters. The molecule has 4 heterocycles. The third-order valence-electron chi connectivity index (χ3n) is 7.90. The zero-order valence-electron chi connectivity index (χ0n) is 22.8. The van der Waals surface area contributed by atoms with Crippen molar-refractivity contribution in [3.63, 3.8) is 0 Å². The maximum absolute atomic E-state index is 8.64. The first kappa shape index (κ1) is 26.8. The van der Waals surface area contributed by atoms with E-state index in [1.165, 1.54) is 10.1 Å². The molecule has 4 atom stereocenters. The first-order chi connectivity index (χ1) is 18.3. The van der Waals surface area contributed by atoms with Gasteiger partial charge in [0, 0.05) is 42.8 Å². The lowest BCUT2D eigenvalue weighted by molar-refractivity contribution is 0.0960. The Morgan fingerprint density at radius 2 is 1.92 bits per heavy atom. The second-order valence-corrected chi connectivity index (χ2v) is 11.6. The van der Waals surface area contributed by atoms with Crippen LogP contribution in [0.1, 0.15) is 58.6 Å². The van der Waals surface area contributed by atoms with Gasteiger partial charge in [0.2, 0.25) is 5.62 Å². The summed E-state index contributed by atoms with van der Waals surface area (Å²) >= 11 is 6.20. The van der Waals surface area contributed by atoms with Crippen LogP contribution in [0.15, 0.2) is 30.6 Å². The lowest BCUT2D eigenvalue weighted by atomic mass is 9.92. The predicted molar refractivity (Wildman–Crippen MR) is 151 cm³/mol. The van der Waals surface area contributed by atoms with Crippen LogP contribution in [0.25, 0.3) is 11.2 Å².